The highest BCUT2D eigenvalue weighted by molar-refractivity contribution is 7.81. The van der Waals surface area contributed by atoms with Crippen LogP contribution in [0.3, 0.4) is 0 Å². The predicted octanol–water partition coefficient (Wildman–Crippen LogP) is 3.28. The van der Waals surface area contributed by atoms with Gasteiger partial charge in [-0.15, -0.1) is 0 Å². The summed E-state index contributed by atoms with van der Waals surface area (Å²) >= 11 is 3.91. The molecule has 0 spiro atoms. The predicted molar refractivity (Wildman–Crippen MR) is 55.1 cm³/mol. The van der Waals surface area contributed by atoms with Crippen LogP contribution in [-0.2, 0) is 0 Å². The Balaban J connectivity index is 0.000000461. The van der Waals surface area contributed by atoms with Gasteiger partial charge in [0.1, 0.15) is 0 Å². The van der Waals surface area contributed by atoms with Crippen molar-refractivity contribution >= 4 is 18.5 Å². The molecule has 11 heavy (non-hydrogen) atoms. The number of hydrogen-bond donors (Lipinski definition) is 2. The number of anilines is 1. The average Bonchev–Trinajstić information content (AvgIpc) is 2.08. The summed E-state index contributed by atoms with van der Waals surface area (Å²) in [6.07, 6.45) is 0. The first-order valence-corrected chi connectivity index (χ1v) is 4.24. The second-order valence-electron chi connectivity index (χ2n) is 1.98. The molecule has 0 aliphatic heterocycles. The van der Waals surface area contributed by atoms with E-state index in [4.69, 9.17) is 0 Å². The molecule has 0 fully saturated rings. The Hall–Kier alpha value is -0.630. The second kappa shape index (κ2) is 6.10. The minimum Gasteiger partial charge on any atom is -0.332 e. The minimum atomic E-state index is 1.04. The van der Waals surface area contributed by atoms with E-state index in [0.717, 1.165) is 5.69 Å². The van der Waals surface area contributed by atoms with Gasteiger partial charge in [0.25, 0.3) is 0 Å². The molecule has 0 atom stereocenters. The molecular weight excluding hydrogens is 154 g/mol. The van der Waals surface area contributed by atoms with E-state index in [9.17, 15) is 0 Å². The first-order valence-electron chi connectivity index (χ1n) is 3.79. The molecule has 0 unspecified atom stereocenters. The summed E-state index contributed by atoms with van der Waals surface area (Å²) < 4.78 is 2.76. The average molecular weight is 169 g/mol. The summed E-state index contributed by atoms with van der Waals surface area (Å²) in [6, 6.07) is 8.05. The van der Waals surface area contributed by atoms with Crippen LogP contribution in [0.2, 0.25) is 0 Å². The molecule has 1 N–H and O–H groups in total. The molecule has 0 saturated heterocycles. The van der Waals surface area contributed by atoms with Crippen molar-refractivity contribution in [2.45, 2.75) is 20.8 Å². The Kier molecular flexibility index (Phi) is 5.75. The van der Waals surface area contributed by atoms with Gasteiger partial charge in [0.05, 0.1) is 0 Å². The normalized spacial score (nSPS) is 8.00. The van der Waals surface area contributed by atoms with Gasteiger partial charge >= 0.3 is 0 Å². The van der Waals surface area contributed by atoms with Crippen LogP contribution in [0.15, 0.2) is 24.3 Å². The molecule has 2 heteroatoms. The Labute approximate surface area is 74.4 Å². The monoisotopic (exact) mass is 169 g/mol. The highest BCUT2D eigenvalue weighted by Crippen LogP contribution is 2.09. The quantitative estimate of drug-likeness (QED) is 0.615. The second-order valence-corrected chi connectivity index (χ2v) is 2.20. The van der Waals surface area contributed by atoms with E-state index in [1.165, 1.54) is 5.56 Å². The van der Waals surface area contributed by atoms with Crippen LogP contribution in [0.25, 0.3) is 0 Å². The smallest absolute Gasteiger partial charge is 0.0440 e. The molecule has 0 bridgehead atoms. The van der Waals surface area contributed by atoms with Gasteiger partial charge in [-0.2, -0.15) is 0 Å². The summed E-state index contributed by atoms with van der Waals surface area (Å²) in [5.41, 5.74) is 2.28. The molecule has 1 aromatic rings. The molecule has 1 aromatic carbocycles. The van der Waals surface area contributed by atoms with Crippen molar-refractivity contribution in [2.75, 3.05) is 4.72 Å². The van der Waals surface area contributed by atoms with E-state index in [0.29, 0.717) is 0 Å². The summed E-state index contributed by atoms with van der Waals surface area (Å²) in [5.74, 6) is 0. The molecule has 62 valence electrons. The summed E-state index contributed by atoms with van der Waals surface area (Å²) in [7, 11) is 0. The van der Waals surface area contributed by atoms with Crippen LogP contribution in [0, 0.1) is 6.92 Å². The van der Waals surface area contributed by atoms with Crippen LogP contribution in [0.5, 0.6) is 0 Å². The van der Waals surface area contributed by atoms with Crippen LogP contribution in [-0.4, -0.2) is 0 Å². The minimum absolute atomic E-state index is 1.04. The highest BCUT2D eigenvalue weighted by Gasteiger charge is 1.85. The zero-order valence-corrected chi connectivity index (χ0v) is 8.15. The van der Waals surface area contributed by atoms with Crippen molar-refractivity contribution < 1.29 is 0 Å². The molecule has 0 aliphatic carbocycles. The Morgan fingerprint density at radius 3 is 2.27 bits per heavy atom. The van der Waals surface area contributed by atoms with E-state index < -0.39 is 0 Å². The number of hydrogen-bond acceptors (Lipinski definition) is 2. The zero-order chi connectivity index (χ0) is 8.69. The van der Waals surface area contributed by atoms with Gasteiger partial charge in [0.2, 0.25) is 0 Å². The Morgan fingerprint density at radius 2 is 1.91 bits per heavy atom. The van der Waals surface area contributed by atoms with Crippen molar-refractivity contribution in [2.24, 2.45) is 0 Å². The van der Waals surface area contributed by atoms with E-state index in [1.807, 2.05) is 32.0 Å². The standard InChI is InChI=1S/C7H9NS.C2H6/c1-6-3-2-4-7(5-6)8-9;1-2/h2-5,8-9H,1H3;1-2H3. The maximum atomic E-state index is 3.91. The number of nitrogens with one attached hydrogen (secondary N) is 1. The fourth-order valence-electron chi connectivity index (χ4n) is 0.715. The summed E-state index contributed by atoms with van der Waals surface area (Å²) in [5, 5.41) is 0. The van der Waals surface area contributed by atoms with Gasteiger partial charge in [0.15, 0.2) is 0 Å². The Morgan fingerprint density at radius 1 is 1.27 bits per heavy atom. The lowest BCUT2D eigenvalue weighted by molar-refractivity contribution is 1.47. The number of thiol groups is 1. The lowest BCUT2D eigenvalue weighted by Gasteiger charge is -1.97. The third-order valence-electron chi connectivity index (χ3n) is 1.15. The van der Waals surface area contributed by atoms with Gasteiger partial charge < -0.3 is 4.72 Å². The van der Waals surface area contributed by atoms with Crippen molar-refractivity contribution in [3.63, 3.8) is 0 Å². The fraction of sp³-hybridized carbons (Fsp3) is 0.333. The van der Waals surface area contributed by atoms with Gasteiger partial charge in [-0.05, 0) is 24.6 Å². The van der Waals surface area contributed by atoms with Crippen LogP contribution in [0.1, 0.15) is 19.4 Å². The molecular formula is C9H15NS. The van der Waals surface area contributed by atoms with E-state index in [2.05, 4.69) is 30.5 Å². The molecule has 0 heterocycles. The van der Waals surface area contributed by atoms with E-state index >= 15 is 0 Å². The third kappa shape index (κ3) is 3.94. The first-order chi connectivity index (χ1) is 5.33. The maximum absolute atomic E-state index is 3.91. The van der Waals surface area contributed by atoms with Crippen LogP contribution >= 0.6 is 12.8 Å². The summed E-state index contributed by atoms with van der Waals surface area (Å²) in [4.78, 5) is 0. The van der Waals surface area contributed by atoms with E-state index in [1.54, 1.807) is 0 Å². The van der Waals surface area contributed by atoms with Crippen molar-refractivity contribution in [1.82, 2.24) is 0 Å². The van der Waals surface area contributed by atoms with Crippen molar-refractivity contribution in [1.29, 1.82) is 0 Å². The number of benzene rings is 1. The van der Waals surface area contributed by atoms with Crippen molar-refractivity contribution in [3.8, 4) is 0 Å². The van der Waals surface area contributed by atoms with Gasteiger partial charge in [-0.25, -0.2) is 0 Å². The molecule has 0 aromatic heterocycles. The molecule has 0 saturated carbocycles. The molecule has 0 amide bonds. The van der Waals surface area contributed by atoms with Crippen LogP contribution in [0.4, 0.5) is 5.69 Å². The zero-order valence-electron chi connectivity index (χ0n) is 7.26. The van der Waals surface area contributed by atoms with Crippen molar-refractivity contribution in [3.05, 3.63) is 29.8 Å². The highest BCUT2D eigenvalue weighted by atomic mass is 32.1. The molecule has 1 rings (SSSR count). The first kappa shape index (κ1) is 10.4. The number of aryl methyl sites for hydroxylation is 1. The largest absolute Gasteiger partial charge is 0.332 e. The lowest BCUT2D eigenvalue weighted by Crippen LogP contribution is -1.79. The molecule has 0 radical (unpaired) electrons. The number of rotatable bonds is 1. The maximum Gasteiger partial charge on any atom is 0.0440 e. The van der Waals surface area contributed by atoms with Gasteiger partial charge in [-0.3, -0.25) is 0 Å². The van der Waals surface area contributed by atoms with Gasteiger partial charge in [-0.1, -0.05) is 38.8 Å². The topological polar surface area (TPSA) is 12.0 Å². The van der Waals surface area contributed by atoms with Gasteiger partial charge in [0, 0.05) is 5.69 Å². The Bertz CT molecular complexity index is 199. The summed E-state index contributed by atoms with van der Waals surface area (Å²) in [6.45, 7) is 6.05. The van der Waals surface area contributed by atoms with Crippen LogP contribution < -0.4 is 4.72 Å². The SMILES string of the molecule is CC.Cc1cccc(NS)c1. The molecule has 0 aliphatic rings. The lowest BCUT2D eigenvalue weighted by atomic mass is 10.2. The third-order valence-corrected chi connectivity index (χ3v) is 1.41. The fourth-order valence-corrected chi connectivity index (χ4v) is 0.854. The molecule has 1 nitrogen and oxygen atoms in total. The van der Waals surface area contributed by atoms with E-state index in [-0.39, 0.29) is 0 Å².